The van der Waals surface area contributed by atoms with Crippen LogP contribution in [0.4, 0.5) is 0 Å². The number of hydrogen-bond acceptors (Lipinski definition) is 3. The summed E-state index contributed by atoms with van der Waals surface area (Å²) in [5.74, 6) is 1.38. The van der Waals surface area contributed by atoms with E-state index in [0.717, 1.165) is 22.2 Å². The van der Waals surface area contributed by atoms with Gasteiger partial charge in [0.1, 0.15) is 5.75 Å². The van der Waals surface area contributed by atoms with Crippen molar-refractivity contribution in [2.75, 3.05) is 0 Å². The van der Waals surface area contributed by atoms with Crippen molar-refractivity contribution in [3.8, 4) is 11.6 Å². The summed E-state index contributed by atoms with van der Waals surface area (Å²) in [6, 6.07) is 15.9. The quantitative estimate of drug-likeness (QED) is 0.784. The fourth-order valence-electron chi connectivity index (χ4n) is 2.34. The number of hydrogen-bond donors (Lipinski definition) is 1. The highest BCUT2D eigenvalue weighted by molar-refractivity contribution is 5.82. The summed E-state index contributed by atoms with van der Waals surface area (Å²) in [5.41, 5.74) is 10.2. The average Bonchev–Trinajstić information content (AvgIpc) is 2.50. The minimum Gasteiger partial charge on any atom is -0.439 e. The Morgan fingerprint density at radius 3 is 2.57 bits per heavy atom. The minimum absolute atomic E-state index is 0.465. The molecule has 3 aromatic rings. The second kappa shape index (κ2) is 5.54. The zero-order valence-electron chi connectivity index (χ0n) is 12.3. The predicted molar refractivity (Wildman–Crippen MR) is 85.6 cm³/mol. The highest BCUT2D eigenvalue weighted by atomic mass is 16.5. The van der Waals surface area contributed by atoms with Crippen molar-refractivity contribution in [1.82, 2.24) is 4.98 Å². The molecule has 1 aromatic heterocycles. The van der Waals surface area contributed by atoms with Crippen LogP contribution in [0.3, 0.4) is 0 Å². The first-order valence-corrected chi connectivity index (χ1v) is 7.01. The molecule has 0 unspecified atom stereocenters. The van der Waals surface area contributed by atoms with Crippen molar-refractivity contribution in [3.05, 3.63) is 65.2 Å². The molecule has 3 heteroatoms. The van der Waals surface area contributed by atoms with Gasteiger partial charge in [-0.25, -0.2) is 4.98 Å². The van der Waals surface area contributed by atoms with E-state index < -0.39 is 0 Å². The number of pyridine rings is 1. The second-order valence-corrected chi connectivity index (χ2v) is 5.19. The number of para-hydroxylation sites is 1. The van der Waals surface area contributed by atoms with Crippen LogP contribution < -0.4 is 10.5 Å². The number of ether oxygens (including phenoxy) is 1. The summed E-state index contributed by atoms with van der Waals surface area (Å²) >= 11 is 0. The van der Waals surface area contributed by atoms with E-state index in [4.69, 9.17) is 10.5 Å². The second-order valence-electron chi connectivity index (χ2n) is 5.19. The molecule has 0 saturated carbocycles. The van der Waals surface area contributed by atoms with Gasteiger partial charge in [0, 0.05) is 18.0 Å². The zero-order chi connectivity index (χ0) is 14.8. The summed E-state index contributed by atoms with van der Waals surface area (Å²) in [7, 11) is 0. The third-order valence-corrected chi connectivity index (χ3v) is 3.70. The van der Waals surface area contributed by atoms with Crippen LogP contribution in [0.2, 0.25) is 0 Å². The van der Waals surface area contributed by atoms with Crippen LogP contribution in [0.25, 0.3) is 10.9 Å². The van der Waals surface area contributed by atoms with Gasteiger partial charge in [0.2, 0.25) is 5.88 Å². The van der Waals surface area contributed by atoms with Crippen molar-refractivity contribution in [2.24, 2.45) is 5.73 Å². The van der Waals surface area contributed by atoms with E-state index in [0.29, 0.717) is 12.4 Å². The highest BCUT2D eigenvalue weighted by Gasteiger charge is 2.06. The van der Waals surface area contributed by atoms with Crippen molar-refractivity contribution < 1.29 is 4.74 Å². The lowest BCUT2D eigenvalue weighted by Crippen LogP contribution is -2.00. The molecular formula is C18H18N2O. The van der Waals surface area contributed by atoms with Crippen LogP contribution in [-0.2, 0) is 6.54 Å². The van der Waals surface area contributed by atoms with Crippen LogP contribution in [-0.4, -0.2) is 4.98 Å². The highest BCUT2D eigenvalue weighted by Crippen LogP contribution is 2.26. The Labute approximate surface area is 124 Å². The van der Waals surface area contributed by atoms with Crippen LogP contribution >= 0.6 is 0 Å². The summed E-state index contributed by atoms with van der Waals surface area (Å²) in [6.45, 7) is 4.62. The fraction of sp³-hybridized carbons (Fsp3) is 0.167. The molecule has 0 fully saturated rings. The first-order chi connectivity index (χ1) is 10.2. The molecule has 1 heterocycles. The fourth-order valence-corrected chi connectivity index (χ4v) is 2.34. The average molecular weight is 278 g/mol. The summed E-state index contributed by atoms with van der Waals surface area (Å²) in [6.07, 6.45) is 0. The molecule has 0 amide bonds. The Bertz CT molecular complexity index is 796. The lowest BCUT2D eigenvalue weighted by atomic mass is 10.1. The number of nitrogens with zero attached hydrogens (tertiary/aromatic N) is 1. The number of aryl methyl sites for hydroxylation is 2. The van der Waals surface area contributed by atoms with Gasteiger partial charge in [-0.3, -0.25) is 0 Å². The van der Waals surface area contributed by atoms with E-state index in [1.165, 1.54) is 11.1 Å². The Hall–Kier alpha value is -2.39. The number of benzene rings is 2. The molecule has 0 atom stereocenters. The molecule has 21 heavy (non-hydrogen) atoms. The Kier molecular flexibility index (Phi) is 3.59. The molecule has 0 aliphatic carbocycles. The third-order valence-electron chi connectivity index (χ3n) is 3.70. The molecule has 0 aliphatic heterocycles. The predicted octanol–water partition coefficient (Wildman–Crippen LogP) is 4.10. The number of aromatic nitrogens is 1. The van der Waals surface area contributed by atoms with Gasteiger partial charge < -0.3 is 10.5 Å². The van der Waals surface area contributed by atoms with Crippen molar-refractivity contribution in [1.29, 1.82) is 0 Å². The Balaban J connectivity index is 2.02. The van der Waals surface area contributed by atoms with E-state index in [1.54, 1.807) is 0 Å². The summed E-state index contributed by atoms with van der Waals surface area (Å²) < 4.78 is 5.90. The van der Waals surface area contributed by atoms with Gasteiger partial charge >= 0.3 is 0 Å². The topological polar surface area (TPSA) is 48.1 Å². The van der Waals surface area contributed by atoms with E-state index >= 15 is 0 Å². The van der Waals surface area contributed by atoms with Gasteiger partial charge in [0.25, 0.3) is 0 Å². The van der Waals surface area contributed by atoms with Crippen LogP contribution in [0.1, 0.15) is 16.7 Å². The lowest BCUT2D eigenvalue weighted by Gasteiger charge is -2.10. The normalized spacial score (nSPS) is 10.8. The SMILES string of the molecule is Cc1ccc(Oc2cc(CN)c3ccccc3n2)cc1C. The molecule has 2 aromatic carbocycles. The van der Waals surface area contributed by atoms with Crippen LogP contribution in [0, 0.1) is 13.8 Å². The number of fused-ring (bicyclic) bond motifs is 1. The molecule has 0 saturated heterocycles. The maximum atomic E-state index is 5.90. The Morgan fingerprint density at radius 1 is 1.00 bits per heavy atom. The van der Waals surface area contributed by atoms with Crippen molar-refractivity contribution in [3.63, 3.8) is 0 Å². The van der Waals surface area contributed by atoms with Gasteiger partial charge in [-0.15, -0.1) is 0 Å². The van der Waals surface area contributed by atoms with Gasteiger partial charge in [-0.2, -0.15) is 0 Å². The Morgan fingerprint density at radius 2 is 1.81 bits per heavy atom. The van der Waals surface area contributed by atoms with Gasteiger partial charge in [0.05, 0.1) is 5.52 Å². The summed E-state index contributed by atoms with van der Waals surface area (Å²) in [4.78, 5) is 4.55. The van der Waals surface area contributed by atoms with E-state index in [-0.39, 0.29) is 0 Å². The molecule has 3 rings (SSSR count). The molecule has 0 bridgehead atoms. The first kappa shape index (κ1) is 13.6. The molecule has 0 radical (unpaired) electrons. The third kappa shape index (κ3) is 2.73. The molecule has 0 aliphatic rings. The first-order valence-electron chi connectivity index (χ1n) is 7.01. The number of nitrogens with two attached hydrogens (primary N) is 1. The van der Waals surface area contributed by atoms with Gasteiger partial charge in [-0.1, -0.05) is 24.3 Å². The van der Waals surface area contributed by atoms with Gasteiger partial charge in [0.15, 0.2) is 0 Å². The summed E-state index contributed by atoms with van der Waals surface area (Å²) in [5, 5.41) is 1.08. The zero-order valence-corrected chi connectivity index (χ0v) is 12.3. The minimum atomic E-state index is 0.465. The van der Waals surface area contributed by atoms with Crippen molar-refractivity contribution in [2.45, 2.75) is 20.4 Å². The van der Waals surface area contributed by atoms with Crippen LogP contribution in [0.5, 0.6) is 11.6 Å². The standard InChI is InChI=1S/C18H18N2O/c1-12-7-8-15(9-13(12)2)21-18-10-14(11-19)16-5-3-4-6-17(16)20-18/h3-10H,11,19H2,1-2H3. The van der Waals surface area contributed by atoms with E-state index in [9.17, 15) is 0 Å². The van der Waals surface area contributed by atoms with Crippen LogP contribution in [0.15, 0.2) is 48.5 Å². The smallest absolute Gasteiger partial charge is 0.220 e. The lowest BCUT2D eigenvalue weighted by molar-refractivity contribution is 0.464. The molecule has 0 spiro atoms. The van der Waals surface area contributed by atoms with E-state index in [2.05, 4.69) is 24.9 Å². The molecular weight excluding hydrogens is 260 g/mol. The van der Waals surface area contributed by atoms with E-state index in [1.807, 2.05) is 42.5 Å². The maximum Gasteiger partial charge on any atom is 0.220 e. The largest absolute Gasteiger partial charge is 0.439 e. The molecule has 2 N–H and O–H groups in total. The molecule has 106 valence electrons. The number of rotatable bonds is 3. The molecule has 3 nitrogen and oxygen atoms in total. The maximum absolute atomic E-state index is 5.90. The van der Waals surface area contributed by atoms with Crippen molar-refractivity contribution >= 4 is 10.9 Å². The monoisotopic (exact) mass is 278 g/mol. The van der Waals surface area contributed by atoms with Gasteiger partial charge in [-0.05, 0) is 48.7 Å².